The first kappa shape index (κ1) is 18.4. The van der Waals surface area contributed by atoms with Gasteiger partial charge in [0, 0.05) is 43.0 Å². The van der Waals surface area contributed by atoms with Gasteiger partial charge in [-0.3, -0.25) is 0 Å². The number of nitrogens with zero attached hydrogens (tertiary/aromatic N) is 3. The minimum Gasteiger partial charge on any atom is -0.334 e. The van der Waals surface area contributed by atoms with Gasteiger partial charge in [-0.25, -0.2) is 13.4 Å². The highest BCUT2D eigenvalue weighted by molar-refractivity contribution is 7.89. The summed E-state index contributed by atoms with van der Waals surface area (Å²) in [6, 6.07) is 6.38. The molecule has 0 atom stereocenters. The Morgan fingerprint density at radius 1 is 1.20 bits per heavy atom. The van der Waals surface area contributed by atoms with Crippen LogP contribution in [0.4, 0.5) is 0 Å². The molecule has 0 saturated carbocycles. The van der Waals surface area contributed by atoms with Gasteiger partial charge in [0.2, 0.25) is 10.0 Å². The molecule has 2 heterocycles. The van der Waals surface area contributed by atoms with Crippen molar-refractivity contribution < 1.29 is 8.42 Å². The number of rotatable bonds is 5. The second kappa shape index (κ2) is 7.48. The van der Waals surface area contributed by atoms with Crippen LogP contribution in [0.3, 0.4) is 0 Å². The molecule has 136 valence electrons. The second-order valence-corrected chi connectivity index (χ2v) is 9.27. The number of aromatic nitrogens is 2. The fraction of sp³-hybridized carbons (Fsp3) is 0.500. The lowest BCUT2D eigenvalue weighted by atomic mass is 9.98. The lowest BCUT2D eigenvalue weighted by Crippen LogP contribution is -2.39. The Balaban J connectivity index is 1.63. The van der Waals surface area contributed by atoms with Crippen LogP contribution in [0.2, 0.25) is 5.02 Å². The van der Waals surface area contributed by atoms with Gasteiger partial charge in [0.25, 0.3) is 0 Å². The van der Waals surface area contributed by atoms with Crippen LogP contribution in [0.1, 0.15) is 38.4 Å². The summed E-state index contributed by atoms with van der Waals surface area (Å²) in [5.74, 6) is 1.96. The zero-order valence-electron chi connectivity index (χ0n) is 14.6. The van der Waals surface area contributed by atoms with Crippen LogP contribution < -0.4 is 0 Å². The van der Waals surface area contributed by atoms with Gasteiger partial charge in [0.15, 0.2) is 0 Å². The largest absolute Gasteiger partial charge is 0.334 e. The van der Waals surface area contributed by atoms with Crippen LogP contribution in [-0.2, 0) is 16.6 Å². The highest BCUT2D eigenvalue weighted by atomic mass is 35.5. The standard InChI is InChI=1S/C18H24ClN3O2S/c1-14(2)18-20-9-12-21(18)13-15-7-10-22(11-8-15)25(23,24)17-5-3-16(19)4-6-17/h3-6,9,12,14-15H,7-8,10-11,13H2,1-2H3. The van der Waals surface area contributed by atoms with Crippen molar-refractivity contribution in [2.24, 2.45) is 5.92 Å². The van der Waals surface area contributed by atoms with E-state index in [0.717, 1.165) is 25.2 Å². The molecule has 1 aliphatic rings. The average molecular weight is 382 g/mol. The van der Waals surface area contributed by atoms with E-state index in [9.17, 15) is 8.42 Å². The number of hydrogen-bond acceptors (Lipinski definition) is 3. The topological polar surface area (TPSA) is 55.2 Å². The molecular weight excluding hydrogens is 358 g/mol. The zero-order chi connectivity index (χ0) is 18.0. The summed E-state index contributed by atoms with van der Waals surface area (Å²) in [4.78, 5) is 4.74. The van der Waals surface area contributed by atoms with E-state index in [2.05, 4.69) is 23.4 Å². The number of hydrogen-bond donors (Lipinski definition) is 0. The molecule has 0 radical (unpaired) electrons. The fourth-order valence-corrected chi connectivity index (χ4v) is 4.94. The van der Waals surface area contributed by atoms with E-state index in [1.165, 1.54) is 0 Å². The Morgan fingerprint density at radius 3 is 2.44 bits per heavy atom. The Kier molecular flexibility index (Phi) is 5.51. The monoisotopic (exact) mass is 381 g/mol. The van der Waals surface area contributed by atoms with Gasteiger partial charge in [-0.05, 0) is 43.0 Å². The van der Waals surface area contributed by atoms with Gasteiger partial charge in [0.1, 0.15) is 5.82 Å². The molecule has 7 heteroatoms. The van der Waals surface area contributed by atoms with E-state index in [0.29, 0.717) is 34.8 Å². The van der Waals surface area contributed by atoms with E-state index >= 15 is 0 Å². The molecule has 1 aliphatic heterocycles. The third kappa shape index (κ3) is 4.07. The van der Waals surface area contributed by atoms with Gasteiger partial charge in [0.05, 0.1) is 4.90 Å². The number of sulfonamides is 1. The zero-order valence-corrected chi connectivity index (χ0v) is 16.2. The maximum atomic E-state index is 12.7. The van der Waals surface area contributed by atoms with Crippen LogP contribution in [0.25, 0.3) is 0 Å². The van der Waals surface area contributed by atoms with Crippen molar-refractivity contribution in [1.82, 2.24) is 13.9 Å². The molecular formula is C18H24ClN3O2S. The first-order chi connectivity index (χ1) is 11.9. The first-order valence-corrected chi connectivity index (χ1v) is 10.5. The summed E-state index contributed by atoms with van der Waals surface area (Å²) in [6.07, 6.45) is 5.59. The fourth-order valence-electron chi connectivity index (χ4n) is 3.34. The summed E-state index contributed by atoms with van der Waals surface area (Å²) in [5.41, 5.74) is 0. The molecule has 5 nitrogen and oxygen atoms in total. The molecule has 1 aromatic heterocycles. The predicted molar refractivity (Wildman–Crippen MR) is 99.3 cm³/mol. The minimum absolute atomic E-state index is 0.312. The quantitative estimate of drug-likeness (QED) is 0.792. The lowest BCUT2D eigenvalue weighted by Gasteiger charge is -2.31. The van der Waals surface area contributed by atoms with Crippen LogP contribution in [0, 0.1) is 5.92 Å². The van der Waals surface area contributed by atoms with Crippen LogP contribution in [0.5, 0.6) is 0 Å². The Bertz CT molecular complexity index is 807. The third-order valence-electron chi connectivity index (χ3n) is 4.74. The molecule has 25 heavy (non-hydrogen) atoms. The van der Waals surface area contributed by atoms with Crippen molar-refractivity contribution in [3.05, 3.63) is 47.5 Å². The van der Waals surface area contributed by atoms with Crippen LogP contribution >= 0.6 is 11.6 Å². The predicted octanol–water partition coefficient (Wildman–Crippen LogP) is 3.76. The molecule has 2 aromatic rings. The normalized spacial score (nSPS) is 17.3. The molecule has 0 bridgehead atoms. The van der Waals surface area contributed by atoms with Gasteiger partial charge in [-0.15, -0.1) is 0 Å². The third-order valence-corrected chi connectivity index (χ3v) is 6.91. The number of piperidine rings is 1. The maximum absolute atomic E-state index is 12.7. The van der Waals surface area contributed by atoms with Gasteiger partial charge < -0.3 is 4.57 Å². The van der Waals surface area contributed by atoms with Crippen molar-refractivity contribution in [2.75, 3.05) is 13.1 Å². The van der Waals surface area contributed by atoms with Crippen LogP contribution in [0.15, 0.2) is 41.6 Å². The SMILES string of the molecule is CC(C)c1nccn1CC1CCN(S(=O)(=O)c2ccc(Cl)cc2)CC1. The van der Waals surface area contributed by atoms with Crippen molar-refractivity contribution in [2.45, 2.75) is 44.0 Å². The Labute approximate surface area is 154 Å². The molecule has 1 saturated heterocycles. The van der Waals surface area contributed by atoms with E-state index in [1.807, 2.05) is 12.4 Å². The summed E-state index contributed by atoms with van der Waals surface area (Å²) < 4.78 is 29.3. The van der Waals surface area contributed by atoms with Gasteiger partial charge in [-0.2, -0.15) is 4.31 Å². The lowest BCUT2D eigenvalue weighted by molar-refractivity contribution is 0.251. The van der Waals surface area contributed by atoms with Crippen molar-refractivity contribution in [3.8, 4) is 0 Å². The highest BCUT2D eigenvalue weighted by Crippen LogP contribution is 2.26. The van der Waals surface area contributed by atoms with Gasteiger partial charge >= 0.3 is 0 Å². The smallest absolute Gasteiger partial charge is 0.243 e. The van der Waals surface area contributed by atoms with E-state index in [-0.39, 0.29) is 0 Å². The van der Waals surface area contributed by atoms with E-state index in [1.54, 1.807) is 28.6 Å². The van der Waals surface area contributed by atoms with E-state index < -0.39 is 10.0 Å². The summed E-state index contributed by atoms with van der Waals surface area (Å²) in [5, 5.41) is 0.541. The Morgan fingerprint density at radius 2 is 1.84 bits per heavy atom. The minimum atomic E-state index is -3.43. The molecule has 1 fully saturated rings. The van der Waals surface area contributed by atoms with Crippen LogP contribution in [-0.4, -0.2) is 35.4 Å². The van der Waals surface area contributed by atoms with Crippen molar-refractivity contribution in [3.63, 3.8) is 0 Å². The molecule has 0 amide bonds. The molecule has 0 spiro atoms. The highest BCUT2D eigenvalue weighted by Gasteiger charge is 2.29. The Hall–Kier alpha value is -1.37. The van der Waals surface area contributed by atoms with E-state index in [4.69, 9.17) is 11.6 Å². The summed E-state index contributed by atoms with van der Waals surface area (Å²) in [6.45, 7) is 6.30. The molecule has 3 rings (SSSR count). The molecule has 0 aliphatic carbocycles. The average Bonchev–Trinajstić information content (AvgIpc) is 3.04. The number of imidazole rings is 1. The second-order valence-electron chi connectivity index (χ2n) is 6.89. The van der Waals surface area contributed by atoms with Crippen molar-refractivity contribution >= 4 is 21.6 Å². The van der Waals surface area contributed by atoms with Gasteiger partial charge in [-0.1, -0.05) is 25.4 Å². The maximum Gasteiger partial charge on any atom is 0.243 e. The molecule has 0 unspecified atom stereocenters. The summed E-state index contributed by atoms with van der Waals surface area (Å²) >= 11 is 5.85. The molecule has 1 aromatic carbocycles. The first-order valence-electron chi connectivity index (χ1n) is 8.64. The molecule has 0 N–H and O–H groups in total. The summed E-state index contributed by atoms with van der Waals surface area (Å²) in [7, 11) is -3.43. The number of benzene rings is 1. The number of halogens is 1. The van der Waals surface area contributed by atoms with Crippen molar-refractivity contribution in [1.29, 1.82) is 0 Å².